The summed E-state index contributed by atoms with van der Waals surface area (Å²) in [6, 6.07) is 8.03. The minimum Gasteiger partial charge on any atom is -0.377 e. The van der Waals surface area contributed by atoms with Crippen molar-refractivity contribution in [1.29, 1.82) is 0 Å². The summed E-state index contributed by atoms with van der Waals surface area (Å²) in [5.41, 5.74) is 1.15. The van der Waals surface area contributed by atoms with Crippen LogP contribution >= 0.6 is 15.9 Å². The van der Waals surface area contributed by atoms with Crippen molar-refractivity contribution in [2.75, 3.05) is 6.61 Å². The molecule has 0 fully saturated rings. The van der Waals surface area contributed by atoms with Crippen LogP contribution in [0.25, 0.3) is 0 Å². The van der Waals surface area contributed by atoms with E-state index in [1.54, 1.807) is 6.92 Å². The number of carbonyl (C=O) groups is 1. The predicted molar refractivity (Wildman–Crippen MR) is 63.7 cm³/mol. The van der Waals surface area contributed by atoms with Crippen molar-refractivity contribution in [2.24, 2.45) is 0 Å². The first-order chi connectivity index (χ1) is 7.18. The average Bonchev–Trinajstić information content (AvgIpc) is 2.20. The first kappa shape index (κ1) is 12.4. The molecule has 0 amide bonds. The molecule has 82 valence electrons. The van der Waals surface area contributed by atoms with E-state index in [9.17, 15) is 4.79 Å². The topological polar surface area (TPSA) is 26.3 Å². The van der Waals surface area contributed by atoms with Gasteiger partial charge in [0, 0.05) is 17.5 Å². The van der Waals surface area contributed by atoms with E-state index in [1.165, 1.54) is 0 Å². The highest BCUT2D eigenvalue weighted by Gasteiger charge is 1.95. The molecular formula is C12H15BrO2. The average molecular weight is 271 g/mol. The maximum Gasteiger partial charge on any atom is 0.129 e. The summed E-state index contributed by atoms with van der Waals surface area (Å²) in [5.74, 6) is 0.224. The van der Waals surface area contributed by atoms with Crippen molar-refractivity contribution < 1.29 is 9.53 Å². The van der Waals surface area contributed by atoms with Gasteiger partial charge in [-0.05, 0) is 31.0 Å². The number of ketones is 1. The fourth-order valence-electron chi connectivity index (χ4n) is 1.19. The zero-order valence-corrected chi connectivity index (χ0v) is 10.4. The summed E-state index contributed by atoms with van der Waals surface area (Å²) in [7, 11) is 0. The molecule has 2 nitrogen and oxygen atoms in total. The van der Waals surface area contributed by atoms with Gasteiger partial charge in [-0.2, -0.15) is 0 Å². The van der Waals surface area contributed by atoms with E-state index in [4.69, 9.17) is 4.74 Å². The molecule has 1 aromatic carbocycles. The quantitative estimate of drug-likeness (QED) is 0.742. The Morgan fingerprint density at radius 2 is 2.00 bits per heavy atom. The predicted octanol–water partition coefficient (Wildman–Crippen LogP) is 3.33. The molecule has 0 saturated heterocycles. The number of rotatable bonds is 6. The zero-order chi connectivity index (χ0) is 11.1. The van der Waals surface area contributed by atoms with Gasteiger partial charge in [0.15, 0.2) is 0 Å². The normalized spacial score (nSPS) is 10.3. The Hall–Kier alpha value is -0.670. The third kappa shape index (κ3) is 5.70. The lowest BCUT2D eigenvalue weighted by molar-refractivity contribution is -0.117. The van der Waals surface area contributed by atoms with Crippen LogP contribution in [0.2, 0.25) is 0 Å². The molecule has 0 aliphatic rings. The van der Waals surface area contributed by atoms with Gasteiger partial charge in [0.25, 0.3) is 0 Å². The number of benzene rings is 1. The van der Waals surface area contributed by atoms with Gasteiger partial charge < -0.3 is 9.53 Å². The second-order valence-electron chi connectivity index (χ2n) is 3.48. The minimum atomic E-state index is 0.224. The summed E-state index contributed by atoms with van der Waals surface area (Å²) in [6.45, 7) is 2.87. The van der Waals surface area contributed by atoms with Gasteiger partial charge in [0.1, 0.15) is 5.78 Å². The maximum atomic E-state index is 10.7. The van der Waals surface area contributed by atoms with Gasteiger partial charge in [-0.3, -0.25) is 0 Å². The van der Waals surface area contributed by atoms with E-state index in [0.717, 1.165) is 16.5 Å². The molecule has 0 N–H and O–H groups in total. The molecular weight excluding hydrogens is 256 g/mol. The van der Waals surface area contributed by atoms with Gasteiger partial charge in [0.05, 0.1) is 6.61 Å². The number of carbonyl (C=O) groups excluding carboxylic acids is 1. The third-order valence-corrected chi connectivity index (χ3v) is 2.53. The Bertz CT molecular complexity index is 306. The first-order valence-electron chi connectivity index (χ1n) is 5.00. The smallest absolute Gasteiger partial charge is 0.129 e. The van der Waals surface area contributed by atoms with Crippen molar-refractivity contribution in [3.8, 4) is 0 Å². The second-order valence-corrected chi connectivity index (χ2v) is 4.40. The van der Waals surface area contributed by atoms with Gasteiger partial charge in [-0.1, -0.05) is 28.1 Å². The van der Waals surface area contributed by atoms with Crippen molar-refractivity contribution in [3.63, 3.8) is 0 Å². The molecule has 0 saturated carbocycles. The van der Waals surface area contributed by atoms with E-state index in [1.807, 2.05) is 24.3 Å². The van der Waals surface area contributed by atoms with Gasteiger partial charge in [0.2, 0.25) is 0 Å². The van der Waals surface area contributed by atoms with Crippen molar-refractivity contribution in [3.05, 3.63) is 34.3 Å². The van der Waals surface area contributed by atoms with Crippen molar-refractivity contribution in [2.45, 2.75) is 26.4 Å². The van der Waals surface area contributed by atoms with Crippen LogP contribution in [0.15, 0.2) is 28.7 Å². The number of halogens is 1. The number of ether oxygens (including phenoxy) is 1. The molecule has 15 heavy (non-hydrogen) atoms. The summed E-state index contributed by atoms with van der Waals surface area (Å²) < 4.78 is 6.51. The van der Waals surface area contributed by atoms with E-state index in [0.29, 0.717) is 19.6 Å². The minimum absolute atomic E-state index is 0.224. The Morgan fingerprint density at radius 3 is 2.60 bits per heavy atom. The molecule has 0 atom stereocenters. The van der Waals surface area contributed by atoms with Crippen molar-refractivity contribution >= 4 is 21.7 Å². The van der Waals surface area contributed by atoms with E-state index in [2.05, 4.69) is 15.9 Å². The maximum absolute atomic E-state index is 10.7. The lowest BCUT2D eigenvalue weighted by Gasteiger charge is -2.03. The van der Waals surface area contributed by atoms with Crippen LogP contribution in [0.1, 0.15) is 25.3 Å². The summed E-state index contributed by atoms with van der Waals surface area (Å²) in [4.78, 5) is 10.7. The van der Waals surface area contributed by atoms with Gasteiger partial charge >= 0.3 is 0 Å². The SMILES string of the molecule is CC(=O)CCCOCc1ccc(Br)cc1. The monoisotopic (exact) mass is 270 g/mol. The van der Waals surface area contributed by atoms with E-state index >= 15 is 0 Å². The second kappa shape index (κ2) is 6.75. The zero-order valence-electron chi connectivity index (χ0n) is 8.83. The Morgan fingerprint density at radius 1 is 1.33 bits per heavy atom. The Labute approximate surface area is 98.8 Å². The molecule has 1 aromatic rings. The third-order valence-electron chi connectivity index (χ3n) is 2.00. The van der Waals surface area contributed by atoms with Crippen LogP contribution in [0.4, 0.5) is 0 Å². The fraction of sp³-hybridized carbons (Fsp3) is 0.417. The highest BCUT2D eigenvalue weighted by molar-refractivity contribution is 9.10. The molecule has 0 aliphatic heterocycles. The van der Waals surface area contributed by atoms with Gasteiger partial charge in [-0.25, -0.2) is 0 Å². The standard InChI is InChI=1S/C12H15BrO2/c1-10(14)3-2-8-15-9-11-4-6-12(13)7-5-11/h4-7H,2-3,8-9H2,1H3. The molecule has 0 unspecified atom stereocenters. The molecule has 1 rings (SSSR count). The first-order valence-corrected chi connectivity index (χ1v) is 5.79. The van der Waals surface area contributed by atoms with Crippen LogP contribution in [0, 0.1) is 0 Å². The summed E-state index contributed by atoms with van der Waals surface area (Å²) >= 11 is 3.38. The summed E-state index contributed by atoms with van der Waals surface area (Å²) in [5, 5.41) is 0. The number of hydrogen-bond donors (Lipinski definition) is 0. The summed E-state index contributed by atoms with van der Waals surface area (Å²) in [6.07, 6.45) is 1.42. The molecule has 3 heteroatoms. The molecule has 0 aliphatic carbocycles. The lowest BCUT2D eigenvalue weighted by atomic mass is 10.2. The number of hydrogen-bond acceptors (Lipinski definition) is 2. The Balaban J connectivity index is 2.15. The Kier molecular flexibility index (Phi) is 5.58. The highest BCUT2D eigenvalue weighted by Crippen LogP contribution is 2.11. The van der Waals surface area contributed by atoms with Crippen LogP contribution in [-0.4, -0.2) is 12.4 Å². The van der Waals surface area contributed by atoms with Crippen LogP contribution in [0.3, 0.4) is 0 Å². The van der Waals surface area contributed by atoms with Crippen LogP contribution < -0.4 is 0 Å². The largest absolute Gasteiger partial charge is 0.377 e. The van der Waals surface area contributed by atoms with E-state index < -0.39 is 0 Å². The van der Waals surface area contributed by atoms with E-state index in [-0.39, 0.29) is 5.78 Å². The van der Waals surface area contributed by atoms with Gasteiger partial charge in [-0.15, -0.1) is 0 Å². The van der Waals surface area contributed by atoms with Crippen LogP contribution in [-0.2, 0) is 16.1 Å². The van der Waals surface area contributed by atoms with Crippen molar-refractivity contribution in [1.82, 2.24) is 0 Å². The van der Waals surface area contributed by atoms with Crippen LogP contribution in [0.5, 0.6) is 0 Å². The fourth-order valence-corrected chi connectivity index (χ4v) is 1.46. The number of Topliss-reactive ketones (excluding diaryl/α,β-unsaturated/α-hetero) is 1. The molecule has 0 heterocycles. The molecule has 0 aromatic heterocycles. The molecule has 0 spiro atoms. The molecule has 0 radical (unpaired) electrons. The molecule has 0 bridgehead atoms. The highest BCUT2D eigenvalue weighted by atomic mass is 79.9. The lowest BCUT2D eigenvalue weighted by Crippen LogP contribution is -1.98.